The van der Waals surface area contributed by atoms with Crippen molar-refractivity contribution in [3.63, 3.8) is 0 Å². The Morgan fingerprint density at radius 3 is 2.39 bits per heavy atom. The molecule has 0 radical (unpaired) electrons. The highest BCUT2D eigenvalue weighted by Crippen LogP contribution is 2.22. The Bertz CT molecular complexity index is 598. The number of carbonyl (C=O) groups is 2. The minimum atomic E-state index is -0.797. The fraction of sp³-hybridized carbons (Fsp3) is 0.500. The fourth-order valence-electron chi connectivity index (χ4n) is 2.33. The number of carboxylic acid groups (broad SMARTS) is 1. The van der Waals surface area contributed by atoms with Crippen molar-refractivity contribution >= 4 is 17.6 Å². The Kier molecular flexibility index (Phi) is 7.18. The predicted molar refractivity (Wildman–Crippen MR) is 85.6 cm³/mol. The van der Waals surface area contributed by atoms with Crippen molar-refractivity contribution < 1.29 is 19.6 Å². The first-order chi connectivity index (χ1) is 10.8. The second-order valence-electron chi connectivity index (χ2n) is 5.52. The van der Waals surface area contributed by atoms with Crippen LogP contribution in [0.15, 0.2) is 12.1 Å². The van der Waals surface area contributed by atoms with E-state index in [9.17, 15) is 19.7 Å². The van der Waals surface area contributed by atoms with E-state index in [0.717, 1.165) is 19.3 Å². The van der Waals surface area contributed by atoms with E-state index in [1.165, 1.54) is 6.07 Å². The largest absolute Gasteiger partial charge is 0.481 e. The van der Waals surface area contributed by atoms with Gasteiger partial charge in [0.1, 0.15) is 0 Å². The summed E-state index contributed by atoms with van der Waals surface area (Å²) in [5.41, 5.74) is 1.48. The number of carbonyl (C=O) groups excluding carboxylic acids is 1. The van der Waals surface area contributed by atoms with E-state index in [4.69, 9.17) is 5.11 Å². The van der Waals surface area contributed by atoms with Gasteiger partial charge in [-0.1, -0.05) is 12.8 Å². The second kappa shape index (κ2) is 8.87. The molecule has 1 rings (SSSR count). The molecule has 0 fully saturated rings. The second-order valence-corrected chi connectivity index (χ2v) is 5.52. The van der Waals surface area contributed by atoms with Crippen molar-refractivity contribution in [2.24, 2.45) is 0 Å². The summed E-state index contributed by atoms with van der Waals surface area (Å²) >= 11 is 0. The van der Waals surface area contributed by atoms with Gasteiger partial charge < -0.3 is 10.4 Å². The van der Waals surface area contributed by atoms with Crippen LogP contribution in [0.1, 0.15) is 53.6 Å². The molecule has 0 aliphatic carbocycles. The molecule has 1 amide bonds. The molecule has 0 saturated carbocycles. The van der Waals surface area contributed by atoms with Gasteiger partial charge in [0.2, 0.25) is 0 Å². The standard InChI is InChI=1S/C16H22N2O5/c1-11-9-12(2)14(18(22)23)10-13(11)16(21)17-8-6-4-3-5-7-15(19)20/h9-10H,3-8H2,1-2H3,(H,17,21)(H,19,20). The van der Waals surface area contributed by atoms with Gasteiger partial charge in [-0.2, -0.15) is 0 Å². The summed E-state index contributed by atoms with van der Waals surface area (Å²) in [4.78, 5) is 32.9. The van der Waals surface area contributed by atoms with Gasteiger partial charge in [-0.05, 0) is 38.3 Å². The van der Waals surface area contributed by atoms with Crippen molar-refractivity contribution in [1.82, 2.24) is 5.32 Å². The molecular weight excluding hydrogens is 300 g/mol. The molecular formula is C16H22N2O5. The number of unbranched alkanes of at least 4 members (excludes halogenated alkanes) is 3. The number of nitro benzene ring substituents is 1. The van der Waals surface area contributed by atoms with Crippen LogP contribution >= 0.6 is 0 Å². The summed E-state index contributed by atoms with van der Waals surface area (Å²) in [5.74, 6) is -1.12. The van der Waals surface area contributed by atoms with Crippen molar-refractivity contribution in [1.29, 1.82) is 0 Å². The minimum Gasteiger partial charge on any atom is -0.481 e. The van der Waals surface area contributed by atoms with Crippen LogP contribution in [0.25, 0.3) is 0 Å². The van der Waals surface area contributed by atoms with Crippen molar-refractivity contribution in [3.8, 4) is 0 Å². The van der Waals surface area contributed by atoms with E-state index in [1.54, 1.807) is 19.9 Å². The zero-order valence-corrected chi connectivity index (χ0v) is 13.4. The number of aliphatic carboxylic acids is 1. The Hall–Kier alpha value is -2.44. The molecule has 7 heteroatoms. The zero-order chi connectivity index (χ0) is 17.4. The van der Waals surface area contributed by atoms with Gasteiger partial charge in [-0.15, -0.1) is 0 Å². The van der Waals surface area contributed by atoms with Crippen LogP contribution in [0, 0.1) is 24.0 Å². The molecule has 0 bridgehead atoms. The Morgan fingerprint density at radius 1 is 1.13 bits per heavy atom. The van der Waals surface area contributed by atoms with Gasteiger partial charge in [-0.3, -0.25) is 19.7 Å². The summed E-state index contributed by atoms with van der Waals surface area (Å²) in [7, 11) is 0. The minimum absolute atomic E-state index is 0.0607. The molecule has 0 atom stereocenters. The maximum atomic E-state index is 12.1. The van der Waals surface area contributed by atoms with Gasteiger partial charge in [0.25, 0.3) is 11.6 Å². The number of hydrogen-bond donors (Lipinski definition) is 2. The third-order valence-corrected chi connectivity index (χ3v) is 3.59. The molecule has 1 aromatic carbocycles. The molecule has 0 heterocycles. The summed E-state index contributed by atoms with van der Waals surface area (Å²) in [6, 6.07) is 2.95. The average Bonchev–Trinajstić information content (AvgIpc) is 2.45. The number of rotatable bonds is 9. The smallest absolute Gasteiger partial charge is 0.303 e. The summed E-state index contributed by atoms with van der Waals surface area (Å²) in [6.07, 6.45) is 3.18. The SMILES string of the molecule is Cc1cc(C)c([N+](=O)[O-])cc1C(=O)NCCCCCCC(=O)O. The normalized spacial score (nSPS) is 10.3. The average molecular weight is 322 g/mol. The molecule has 0 aromatic heterocycles. The monoisotopic (exact) mass is 322 g/mol. The first-order valence-corrected chi connectivity index (χ1v) is 7.58. The van der Waals surface area contributed by atoms with E-state index in [-0.39, 0.29) is 18.0 Å². The molecule has 0 aliphatic heterocycles. The third-order valence-electron chi connectivity index (χ3n) is 3.59. The van der Waals surface area contributed by atoms with Crippen molar-refractivity contribution in [3.05, 3.63) is 38.9 Å². The van der Waals surface area contributed by atoms with Crippen LogP contribution in [0.5, 0.6) is 0 Å². The van der Waals surface area contributed by atoms with Crippen LogP contribution in [0.4, 0.5) is 5.69 Å². The van der Waals surface area contributed by atoms with Crippen molar-refractivity contribution in [2.45, 2.75) is 46.0 Å². The Balaban J connectivity index is 2.48. The van der Waals surface area contributed by atoms with Gasteiger partial charge >= 0.3 is 5.97 Å². The first kappa shape index (κ1) is 18.6. The van der Waals surface area contributed by atoms with Gasteiger partial charge in [-0.25, -0.2) is 0 Å². The predicted octanol–water partition coefficient (Wildman–Crippen LogP) is 2.98. The quantitative estimate of drug-likeness (QED) is 0.412. The maximum Gasteiger partial charge on any atom is 0.303 e. The van der Waals surface area contributed by atoms with Crippen LogP contribution < -0.4 is 5.32 Å². The molecule has 126 valence electrons. The Morgan fingerprint density at radius 2 is 1.78 bits per heavy atom. The molecule has 0 unspecified atom stereocenters. The maximum absolute atomic E-state index is 12.1. The van der Waals surface area contributed by atoms with Crippen molar-refractivity contribution in [2.75, 3.05) is 6.54 Å². The van der Waals surface area contributed by atoms with E-state index in [1.807, 2.05) is 0 Å². The lowest BCUT2D eigenvalue weighted by molar-refractivity contribution is -0.385. The molecule has 2 N–H and O–H groups in total. The highest BCUT2D eigenvalue weighted by atomic mass is 16.6. The first-order valence-electron chi connectivity index (χ1n) is 7.58. The van der Waals surface area contributed by atoms with Crippen LogP contribution in [-0.4, -0.2) is 28.5 Å². The van der Waals surface area contributed by atoms with Crippen LogP contribution in [0.3, 0.4) is 0 Å². The van der Waals surface area contributed by atoms with Crippen LogP contribution in [0.2, 0.25) is 0 Å². The van der Waals surface area contributed by atoms with E-state index >= 15 is 0 Å². The molecule has 7 nitrogen and oxygen atoms in total. The number of aryl methyl sites for hydroxylation is 2. The summed E-state index contributed by atoms with van der Waals surface area (Å²) in [5, 5.41) is 22.2. The molecule has 0 saturated heterocycles. The Labute approximate surface area is 134 Å². The fourth-order valence-corrected chi connectivity index (χ4v) is 2.33. The number of nitrogens with zero attached hydrogens (tertiary/aromatic N) is 1. The summed E-state index contributed by atoms with van der Waals surface area (Å²) in [6.45, 7) is 3.86. The molecule has 0 spiro atoms. The number of nitrogens with one attached hydrogen (secondary N) is 1. The number of benzene rings is 1. The van der Waals surface area contributed by atoms with E-state index < -0.39 is 10.9 Å². The number of amides is 1. The molecule has 0 aliphatic rings. The lowest BCUT2D eigenvalue weighted by Gasteiger charge is -2.09. The van der Waals surface area contributed by atoms with Gasteiger partial charge in [0, 0.05) is 30.2 Å². The lowest BCUT2D eigenvalue weighted by Crippen LogP contribution is -2.25. The number of carboxylic acids is 1. The lowest BCUT2D eigenvalue weighted by atomic mass is 10.0. The summed E-state index contributed by atoms with van der Waals surface area (Å²) < 4.78 is 0. The topological polar surface area (TPSA) is 110 Å². The van der Waals surface area contributed by atoms with E-state index in [2.05, 4.69) is 5.32 Å². The highest BCUT2D eigenvalue weighted by Gasteiger charge is 2.17. The van der Waals surface area contributed by atoms with Gasteiger partial charge in [0.05, 0.1) is 4.92 Å². The zero-order valence-electron chi connectivity index (χ0n) is 13.4. The molecule has 1 aromatic rings. The number of hydrogen-bond acceptors (Lipinski definition) is 4. The highest BCUT2D eigenvalue weighted by molar-refractivity contribution is 5.96. The van der Waals surface area contributed by atoms with Crippen LogP contribution in [-0.2, 0) is 4.79 Å². The van der Waals surface area contributed by atoms with E-state index in [0.29, 0.717) is 29.7 Å². The number of nitro groups is 1. The molecule has 23 heavy (non-hydrogen) atoms. The third kappa shape index (κ3) is 6.06. The van der Waals surface area contributed by atoms with Gasteiger partial charge in [0.15, 0.2) is 0 Å².